The zero-order valence-electron chi connectivity index (χ0n) is 18.6. The van der Waals surface area contributed by atoms with Crippen LogP contribution in [0.4, 0.5) is 4.79 Å². The van der Waals surface area contributed by atoms with Gasteiger partial charge in [0.1, 0.15) is 31.4 Å². The molecule has 6 unspecified atom stereocenters. The molecule has 9 heteroatoms. The molecule has 6 atom stereocenters. The van der Waals surface area contributed by atoms with Crippen LogP contribution in [-0.4, -0.2) is 80.2 Å². The molecule has 0 radical (unpaired) electrons. The number of hydrogen-bond acceptors (Lipinski definition) is 3. The molecular formula is C18H39B4N3O2. The Balaban J connectivity index is 2.07. The highest BCUT2D eigenvalue weighted by Crippen LogP contribution is 2.53. The summed E-state index contributed by atoms with van der Waals surface area (Å²) in [5.41, 5.74) is 6.40. The van der Waals surface area contributed by atoms with Crippen LogP contribution in [0.3, 0.4) is 0 Å². The number of urea groups is 1. The normalized spacial score (nSPS) is 40.1. The molecule has 0 aromatic heterocycles. The van der Waals surface area contributed by atoms with Crippen molar-refractivity contribution in [1.82, 2.24) is 10.2 Å². The highest BCUT2D eigenvalue weighted by Gasteiger charge is 2.44. The Hall–Kier alpha value is -0.550. The summed E-state index contributed by atoms with van der Waals surface area (Å²) < 4.78 is 6.54. The van der Waals surface area contributed by atoms with Crippen molar-refractivity contribution in [3.63, 3.8) is 0 Å². The van der Waals surface area contributed by atoms with Gasteiger partial charge in [-0.1, -0.05) is 25.5 Å². The summed E-state index contributed by atoms with van der Waals surface area (Å²) in [6, 6.07) is -0.0421. The topological polar surface area (TPSA) is 67.6 Å². The minimum Gasteiger partial charge on any atom is -0.377 e. The fraction of sp³-hybridized carbons (Fsp3) is 0.944. The van der Waals surface area contributed by atoms with Crippen molar-refractivity contribution in [1.29, 1.82) is 0 Å². The number of carbonyl (C=O) groups excluding carboxylic acids is 1. The predicted octanol–water partition coefficient (Wildman–Crippen LogP) is -1.13. The van der Waals surface area contributed by atoms with Crippen LogP contribution in [0.1, 0.15) is 33.6 Å². The Kier molecular flexibility index (Phi) is 8.23. The number of rotatable bonds is 5. The molecule has 0 aromatic carbocycles. The fourth-order valence-electron chi connectivity index (χ4n) is 5.79. The number of carbonyl (C=O) groups is 1. The van der Waals surface area contributed by atoms with Crippen molar-refractivity contribution in [2.45, 2.75) is 75.1 Å². The summed E-state index contributed by atoms with van der Waals surface area (Å²) in [6.45, 7) is 8.61. The maximum Gasteiger partial charge on any atom is 0.317 e. The number of amides is 2. The molecule has 0 aromatic rings. The summed E-state index contributed by atoms with van der Waals surface area (Å²) in [6.07, 6.45) is 2.16. The first-order valence-corrected chi connectivity index (χ1v) is 11.1. The molecule has 2 rings (SSSR count). The van der Waals surface area contributed by atoms with Crippen LogP contribution in [0.5, 0.6) is 0 Å². The third-order valence-electron chi connectivity index (χ3n) is 7.56. The number of nitrogens with two attached hydrogens (primary N) is 1. The highest BCUT2D eigenvalue weighted by molar-refractivity contribution is 6.27. The van der Waals surface area contributed by atoms with E-state index in [1.54, 1.807) is 0 Å². The average Bonchev–Trinajstić information content (AvgIpc) is 2.61. The fourth-order valence-corrected chi connectivity index (χ4v) is 5.79. The Morgan fingerprint density at radius 2 is 1.78 bits per heavy atom. The molecule has 5 nitrogen and oxygen atoms in total. The van der Waals surface area contributed by atoms with E-state index in [4.69, 9.17) is 10.5 Å². The Morgan fingerprint density at radius 1 is 1.19 bits per heavy atom. The lowest BCUT2D eigenvalue weighted by molar-refractivity contribution is -0.0206. The second-order valence-electron chi connectivity index (χ2n) is 9.46. The van der Waals surface area contributed by atoms with Gasteiger partial charge in [-0.25, -0.2) is 4.79 Å². The zero-order valence-corrected chi connectivity index (χ0v) is 18.6. The van der Waals surface area contributed by atoms with E-state index in [0.717, 1.165) is 25.3 Å². The van der Waals surface area contributed by atoms with E-state index >= 15 is 0 Å². The van der Waals surface area contributed by atoms with Gasteiger partial charge in [-0.2, -0.15) is 0 Å². The van der Waals surface area contributed by atoms with Crippen LogP contribution in [0.2, 0.25) is 23.3 Å². The van der Waals surface area contributed by atoms with Gasteiger partial charge in [-0.3, -0.25) is 0 Å². The Morgan fingerprint density at radius 3 is 2.30 bits per heavy atom. The molecule has 1 saturated heterocycles. The molecule has 2 fully saturated rings. The minimum absolute atomic E-state index is 0.00572. The quantitative estimate of drug-likeness (QED) is 0.600. The van der Waals surface area contributed by atoms with Crippen LogP contribution in [0.25, 0.3) is 0 Å². The maximum atomic E-state index is 12.5. The summed E-state index contributed by atoms with van der Waals surface area (Å²) in [7, 11) is 9.47. The lowest BCUT2D eigenvalue weighted by atomic mass is 9.41. The van der Waals surface area contributed by atoms with Gasteiger partial charge in [0.25, 0.3) is 0 Å². The van der Waals surface area contributed by atoms with E-state index in [0.29, 0.717) is 42.3 Å². The summed E-state index contributed by atoms with van der Waals surface area (Å²) in [4.78, 5) is 14.4. The number of ether oxygens (including phenoxy) is 1. The van der Waals surface area contributed by atoms with Crippen LogP contribution in [-0.2, 0) is 4.74 Å². The third kappa shape index (κ3) is 4.90. The van der Waals surface area contributed by atoms with Crippen molar-refractivity contribution >= 4 is 37.4 Å². The van der Waals surface area contributed by atoms with E-state index in [1.165, 1.54) is 0 Å². The van der Waals surface area contributed by atoms with Crippen molar-refractivity contribution < 1.29 is 9.53 Å². The van der Waals surface area contributed by atoms with Crippen LogP contribution >= 0.6 is 0 Å². The second kappa shape index (κ2) is 9.78. The molecule has 1 saturated carbocycles. The zero-order chi connectivity index (χ0) is 20.3. The van der Waals surface area contributed by atoms with Crippen molar-refractivity contribution in [2.75, 3.05) is 19.7 Å². The molecule has 1 heterocycles. The standard InChI is InChI=1S/C18H39B4N3O2/c1-4-24-18(26)25-7-5-6-10(23)11(25)8-27-17-15(21)13(19)12(9(2)3)14(20)16(17)22/h9-17H,4-8,19-23H2,1-3H3,(H,24,26). The molecule has 0 bridgehead atoms. The van der Waals surface area contributed by atoms with Crippen molar-refractivity contribution in [2.24, 2.45) is 17.6 Å². The number of piperidine rings is 1. The van der Waals surface area contributed by atoms with E-state index in [-0.39, 0.29) is 24.2 Å². The average molecular weight is 373 g/mol. The lowest BCUT2D eigenvalue weighted by Gasteiger charge is -2.51. The Labute approximate surface area is 169 Å². The molecule has 2 amide bonds. The smallest absolute Gasteiger partial charge is 0.317 e. The van der Waals surface area contributed by atoms with E-state index in [1.807, 2.05) is 11.8 Å². The Bertz CT molecular complexity index is 483. The van der Waals surface area contributed by atoms with Crippen LogP contribution < -0.4 is 11.1 Å². The maximum absolute atomic E-state index is 12.5. The first kappa shape index (κ1) is 22.7. The van der Waals surface area contributed by atoms with Crippen molar-refractivity contribution in [3.8, 4) is 0 Å². The predicted molar refractivity (Wildman–Crippen MR) is 124 cm³/mol. The molecule has 27 heavy (non-hydrogen) atoms. The van der Waals surface area contributed by atoms with E-state index < -0.39 is 0 Å². The van der Waals surface area contributed by atoms with Gasteiger partial charge in [-0.05, 0) is 43.2 Å². The van der Waals surface area contributed by atoms with Gasteiger partial charge >= 0.3 is 6.03 Å². The third-order valence-corrected chi connectivity index (χ3v) is 7.56. The SMILES string of the molecule is BC1C(B)C(C(C)C)C(B)C(B)C1OCC1C(N)CCCN1C(=O)NCC. The molecule has 2 aliphatic rings. The van der Waals surface area contributed by atoms with Gasteiger partial charge in [0.2, 0.25) is 0 Å². The summed E-state index contributed by atoms with van der Waals surface area (Å²) in [5.74, 6) is 3.74. The lowest BCUT2D eigenvalue weighted by Crippen LogP contribution is -2.59. The van der Waals surface area contributed by atoms with Crippen LogP contribution in [0.15, 0.2) is 0 Å². The first-order chi connectivity index (χ1) is 12.7. The largest absolute Gasteiger partial charge is 0.377 e. The number of nitrogens with one attached hydrogen (secondary N) is 1. The first-order valence-electron chi connectivity index (χ1n) is 11.1. The number of nitrogens with zero attached hydrogens (tertiary/aromatic N) is 1. The van der Waals surface area contributed by atoms with Gasteiger partial charge in [-0.15, -0.1) is 0 Å². The molecule has 1 aliphatic heterocycles. The summed E-state index contributed by atoms with van der Waals surface area (Å²) in [5, 5.41) is 2.93. The van der Waals surface area contributed by atoms with E-state index in [2.05, 4.69) is 50.5 Å². The molecule has 150 valence electrons. The monoisotopic (exact) mass is 373 g/mol. The van der Waals surface area contributed by atoms with E-state index in [9.17, 15) is 4.79 Å². The van der Waals surface area contributed by atoms with Gasteiger partial charge < -0.3 is 20.7 Å². The second-order valence-corrected chi connectivity index (χ2v) is 9.46. The molecule has 1 aliphatic carbocycles. The molecule has 3 N–H and O–H groups in total. The van der Waals surface area contributed by atoms with Gasteiger partial charge in [0.05, 0.1) is 12.6 Å². The minimum atomic E-state index is -0.0295. The van der Waals surface area contributed by atoms with Crippen molar-refractivity contribution in [3.05, 3.63) is 0 Å². The van der Waals surface area contributed by atoms with Gasteiger partial charge in [0, 0.05) is 25.2 Å². The summed E-state index contributed by atoms with van der Waals surface area (Å²) >= 11 is 0. The molecular weight excluding hydrogens is 333 g/mol. The number of likely N-dealkylation sites (tertiary alicyclic amines) is 1. The number of hydrogen-bond donors (Lipinski definition) is 2. The molecule has 0 spiro atoms. The van der Waals surface area contributed by atoms with Crippen LogP contribution in [0, 0.1) is 11.8 Å². The highest BCUT2D eigenvalue weighted by atomic mass is 16.5. The van der Waals surface area contributed by atoms with Gasteiger partial charge in [0.15, 0.2) is 0 Å².